The van der Waals surface area contributed by atoms with Crippen LogP contribution in [0.25, 0.3) is 0 Å². The van der Waals surface area contributed by atoms with Gasteiger partial charge < -0.3 is 7.43 Å². The van der Waals surface area contributed by atoms with E-state index in [-0.39, 0.29) is 90.3 Å². The molecule has 0 nitrogen and oxygen atoms in total. The monoisotopic (exact) mass is 111 g/mol. The molecule has 0 fully saturated rings. The van der Waals surface area contributed by atoms with Crippen LogP contribution in [0.5, 0.6) is 0 Å². The van der Waals surface area contributed by atoms with E-state index in [2.05, 4.69) is 0 Å². The van der Waals surface area contributed by atoms with Gasteiger partial charge in [-0.25, -0.2) is 0 Å². The standard InChI is InChI=1S/CH4.CH3.2Ca/h1H4;1H3;;/q;-1;2*+2. The van der Waals surface area contributed by atoms with E-state index in [4.69, 9.17) is 0 Å². The number of hydrogen-bond acceptors (Lipinski definition) is 0. The van der Waals surface area contributed by atoms with Crippen molar-refractivity contribution < 1.29 is 0 Å². The summed E-state index contributed by atoms with van der Waals surface area (Å²) in [5.41, 5.74) is 0. The van der Waals surface area contributed by atoms with Crippen LogP contribution in [-0.2, 0) is 0 Å². The van der Waals surface area contributed by atoms with Crippen LogP contribution in [0.1, 0.15) is 7.43 Å². The van der Waals surface area contributed by atoms with Crippen molar-refractivity contribution in [2.24, 2.45) is 0 Å². The molecular weight excluding hydrogens is 104 g/mol. The smallest absolute Gasteiger partial charge is 0.358 e. The maximum Gasteiger partial charge on any atom is 2.00 e. The molecule has 4 heavy (non-hydrogen) atoms. The molecule has 2 heteroatoms. The predicted octanol–water partition coefficient (Wildman–Crippen LogP) is 0.325. The van der Waals surface area contributed by atoms with E-state index >= 15 is 0 Å². The van der Waals surface area contributed by atoms with Crippen molar-refractivity contribution in [2.45, 2.75) is 7.43 Å². The fourth-order valence-corrected chi connectivity index (χ4v) is 0. The molecular formula is C2H7Ca2+3. The molecule has 0 aliphatic heterocycles. The van der Waals surface area contributed by atoms with Crippen LogP contribution in [0.3, 0.4) is 0 Å². The average Bonchev–Trinajstić information content (AvgIpc) is 0. The first-order valence-electron chi connectivity index (χ1n) is 0. The Bertz CT molecular complexity index is 4.00. The molecule has 0 bridgehead atoms. The van der Waals surface area contributed by atoms with Crippen LogP contribution in [0.4, 0.5) is 0 Å². The zero-order valence-electron chi connectivity index (χ0n) is 2.41. The minimum Gasteiger partial charge on any atom is -0.358 e. The Morgan fingerprint density at radius 1 is 0.750 bits per heavy atom. The summed E-state index contributed by atoms with van der Waals surface area (Å²) in [5.74, 6) is 0. The van der Waals surface area contributed by atoms with Crippen molar-refractivity contribution in [3.05, 3.63) is 7.43 Å². The molecule has 0 unspecified atom stereocenters. The average molecular weight is 111 g/mol. The Kier molecular flexibility index (Phi) is 139. The van der Waals surface area contributed by atoms with Gasteiger partial charge in [-0.1, -0.05) is 7.43 Å². The summed E-state index contributed by atoms with van der Waals surface area (Å²) in [7, 11) is 0. The molecule has 0 amide bonds. The predicted molar refractivity (Wildman–Crippen MR) is 24.7 cm³/mol. The molecule has 0 heterocycles. The first kappa shape index (κ1) is 31.3. The fourth-order valence-electron chi connectivity index (χ4n) is 0. The van der Waals surface area contributed by atoms with Crippen LogP contribution in [0.15, 0.2) is 0 Å². The molecule has 0 spiro atoms. The van der Waals surface area contributed by atoms with Gasteiger partial charge >= 0.3 is 75.5 Å². The summed E-state index contributed by atoms with van der Waals surface area (Å²) >= 11 is 0. The van der Waals surface area contributed by atoms with Crippen molar-refractivity contribution in [1.82, 2.24) is 0 Å². The molecule has 0 aliphatic carbocycles. The summed E-state index contributed by atoms with van der Waals surface area (Å²) in [6, 6.07) is 0. The third-order valence-corrected chi connectivity index (χ3v) is 0. The van der Waals surface area contributed by atoms with Crippen LogP contribution < -0.4 is 0 Å². The van der Waals surface area contributed by atoms with Gasteiger partial charge in [0, 0.05) is 0 Å². The largest absolute Gasteiger partial charge is 2.00 e. The zero-order chi connectivity index (χ0) is 0. The van der Waals surface area contributed by atoms with Gasteiger partial charge in [-0.3, -0.25) is 0 Å². The first-order valence-corrected chi connectivity index (χ1v) is 0. The normalized spacial score (nSPS) is 0. The van der Waals surface area contributed by atoms with Crippen LogP contribution in [0, 0.1) is 7.43 Å². The second-order valence-corrected chi connectivity index (χ2v) is 0. The first-order chi connectivity index (χ1) is 0. The number of hydrogen-bond donors (Lipinski definition) is 0. The van der Waals surface area contributed by atoms with Crippen LogP contribution >= 0.6 is 0 Å². The van der Waals surface area contributed by atoms with E-state index in [9.17, 15) is 0 Å². The van der Waals surface area contributed by atoms with E-state index < -0.39 is 0 Å². The quantitative estimate of drug-likeness (QED) is 0.312. The van der Waals surface area contributed by atoms with Gasteiger partial charge in [0.25, 0.3) is 0 Å². The fraction of sp³-hybridized carbons (Fsp3) is 0.500. The van der Waals surface area contributed by atoms with Gasteiger partial charge in [-0.05, 0) is 0 Å². The van der Waals surface area contributed by atoms with Crippen LogP contribution in [-0.4, -0.2) is 75.5 Å². The SMILES string of the molecule is C.[CH3-].[Ca+2].[Ca+2]. The molecule has 0 saturated carbocycles. The topological polar surface area (TPSA) is 0 Å². The molecule has 0 radical (unpaired) electrons. The van der Waals surface area contributed by atoms with Gasteiger partial charge in [0.05, 0.1) is 0 Å². The molecule has 0 rings (SSSR count). The summed E-state index contributed by atoms with van der Waals surface area (Å²) in [6.45, 7) is 0. The van der Waals surface area contributed by atoms with Crippen molar-refractivity contribution in [3.8, 4) is 0 Å². The zero-order valence-corrected chi connectivity index (χ0v) is 6.83. The molecule has 0 N–H and O–H groups in total. The summed E-state index contributed by atoms with van der Waals surface area (Å²) in [5, 5.41) is 0. The molecule has 0 aromatic rings. The third kappa shape index (κ3) is 8.82. The van der Waals surface area contributed by atoms with Gasteiger partial charge in [-0.15, -0.1) is 0 Å². The maximum atomic E-state index is 0. The Labute approximate surface area is 88.3 Å². The van der Waals surface area contributed by atoms with Crippen molar-refractivity contribution in [1.29, 1.82) is 0 Å². The van der Waals surface area contributed by atoms with E-state index in [1.807, 2.05) is 0 Å². The molecule has 16 valence electrons. The third-order valence-electron chi connectivity index (χ3n) is 0. The number of rotatable bonds is 0. The molecule has 0 aliphatic rings. The Morgan fingerprint density at radius 2 is 0.750 bits per heavy atom. The van der Waals surface area contributed by atoms with E-state index in [1.165, 1.54) is 0 Å². The van der Waals surface area contributed by atoms with Gasteiger partial charge in [0.2, 0.25) is 0 Å². The minimum absolute atomic E-state index is 0. The molecule has 0 atom stereocenters. The van der Waals surface area contributed by atoms with Crippen molar-refractivity contribution in [2.75, 3.05) is 0 Å². The van der Waals surface area contributed by atoms with Crippen LogP contribution in [0.2, 0.25) is 0 Å². The molecule has 0 saturated heterocycles. The maximum absolute atomic E-state index is 0. The summed E-state index contributed by atoms with van der Waals surface area (Å²) in [6.07, 6.45) is 0. The van der Waals surface area contributed by atoms with E-state index in [0.717, 1.165) is 0 Å². The Balaban J connectivity index is 0. The second-order valence-electron chi connectivity index (χ2n) is 0. The van der Waals surface area contributed by atoms with E-state index in [1.54, 1.807) is 0 Å². The Morgan fingerprint density at radius 3 is 0.750 bits per heavy atom. The minimum atomic E-state index is 0. The molecule has 0 aromatic carbocycles. The summed E-state index contributed by atoms with van der Waals surface area (Å²) < 4.78 is 0. The van der Waals surface area contributed by atoms with Gasteiger partial charge in [-0.2, -0.15) is 0 Å². The van der Waals surface area contributed by atoms with E-state index in [0.29, 0.717) is 0 Å². The van der Waals surface area contributed by atoms with Crippen molar-refractivity contribution in [3.63, 3.8) is 0 Å². The Hall–Kier alpha value is 2.52. The van der Waals surface area contributed by atoms with Crippen molar-refractivity contribution >= 4 is 75.5 Å². The second kappa shape index (κ2) is 17.8. The summed E-state index contributed by atoms with van der Waals surface area (Å²) in [4.78, 5) is 0. The molecule has 0 aromatic heterocycles. The van der Waals surface area contributed by atoms with Gasteiger partial charge in [0.15, 0.2) is 0 Å². The van der Waals surface area contributed by atoms with Gasteiger partial charge in [0.1, 0.15) is 0 Å².